The number of carbonyl (C=O) groups excluding carboxylic acids is 1. The summed E-state index contributed by atoms with van der Waals surface area (Å²) in [6.07, 6.45) is 3.08. The van der Waals surface area contributed by atoms with Crippen LogP contribution in [-0.2, 0) is 11.3 Å². The molecule has 0 saturated carbocycles. The Morgan fingerprint density at radius 1 is 1.32 bits per heavy atom. The molecule has 0 aliphatic carbocycles. The molecule has 1 aliphatic heterocycles. The maximum atomic E-state index is 12.6. The summed E-state index contributed by atoms with van der Waals surface area (Å²) in [5.74, 6) is -0.110. The van der Waals surface area contributed by atoms with E-state index in [0.717, 1.165) is 23.9 Å². The zero-order chi connectivity index (χ0) is 16.4. The Labute approximate surface area is 130 Å². The Morgan fingerprint density at radius 2 is 1.91 bits per heavy atom. The molecule has 0 spiro atoms. The molecule has 2 atom stereocenters. The molecule has 22 heavy (non-hydrogen) atoms. The molecule has 0 N–H and O–H groups in total. The molecule has 1 fully saturated rings. The highest BCUT2D eigenvalue weighted by Gasteiger charge is 2.29. The van der Waals surface area contributed by atoms with Crippen LogP contribution in [-0.4, -0.2) is 32.7 Å². The van der Waals surface area contributed by atoms with Gasteiger partial charge in [0.15, 0.2) is 0 Å². The van der Waals surface area contributed by atoms with Crippen molar-refractivity contribution in [3.8, 4) is 6.07 Å². The molecule has 2 rings (SSSR count). The number of carbonyl (C=O) groups is 1. The summed E-state index contributed by atoms with van der Waals surface area (Å²) in [4.78, 5) is 26.7. The third kappa shape index (κ3) is 2.89. The molecule has 2 heterocycles. The van der Waals surface area contributed by atoms with E-state index in [4.69, 9.17) is 5.26 Å². The number of hydrogen-bond donors (Lipinski definition) is 0. The smallest absolute Gasteiger partial charge is 0.285 e. The van der Waals surface area contributed by atoms with Crippen LogP contribution in [0.25, 0.3) is 0 Å². The second kappa shape index (κ2) is 6.30. The summed E-state index contributed by atoms with van der Waals surface area (Å²) in [7, 11) is 0. The highest BCUT2D eigenvalue weighted by atomic mass is 16.2. The van der Waals surface area contributed by atoms with E-state index in [1.165, 1.54) is 0 Å². The summed E-state index contributed by atoms with van der Waals surface area (Å²) in [6, 6.07) is 2.27. The second-order valence-corrected chi connectivity index (χ2v) is 6.09. The number of nitrogens with zero attached hydrogens (tertiary/aromatic N) is 4. The third-order valence-electron chi connectivity index (χ3n) is 4.52. The van der Waals surface area contributed by atoms with Gasteiger partial charge in [-0.2, -0.15) is 10.4 Å². The van der Waals surface area contributed by atoms with E-state index >= 15 is 0 Å². The van der Waals surface area contributed by atoms with Crippen molar-refractivity contribution in [2.24, 2.45) is 0 Å². The molecule has 6 nitrogen and oxygen atoms in total. The summed E-state index contributed by atoms with van der Waals surface area (Å²) in [5, 5.41) is 13.3. The van der Waals surface area contributed by atoms with Gasteiger partial charge in [0.25, 0.3) is 5.56 Å². The number of aryl methyl sites for hydroxylation is 1. The zero-order valence-corrected chi connectivity index (χ0v) is 13.6. The lowest BCUT2D eigenvalue weighted by molar-refractivity contribution is -0.138. The molecule has 1 aromatic heterocycles. The molecule has 1 aromatic rings. The molecular formula is C16H22N4O2. The van der Waals surface area contributed by atoms with Crippen LogP contribution in [0, 0.1) is 25.2 Å². The van der Waals surface area contributed by atoms with Crippen molar-refractivity contribution in [2.75, 3.05) is 0 Å². The van der Waals surface area contributed by atoms with Crippen molar-refractivity contribution in [1.82, 2.24) is 14.7 Å². The van der Waals surface area contributed by atoms with Crippen molar-refractivity contribution in [2.45, 2.75) is 65.6 Å². The molecule has 0 aromatic carbocycles. The van der Waals surface area contributed by atoms with E-state index < -0.39 is 5.56 Å². The van der Waals surface area contributed by atoms with Gasteiger partial charge in [-0.15, -0.1) is 0 Å². The monoisotopic (exact) mass is 302 g/mol. The van der Waals surface area contributed by atoms with Crippen LogP contribution in [0.3, 0.4) is 0 Å². The van der Waals surface area contributed by atoms with Gasteiger partial charge in [-0.1, -0.05) is 0 Å². The number of aromatic nitrogens is 2. The topological polar surface area (TPSA) is 79.0 Å². The first-order chi connectivity index (χ1) is 10.4. The molecule has 0 bridgehead atoms. The molecule has 1 aliphatic rings. The Hall–Kier alpha value is -2.16. The van der Waals surface area contributed by atoms with Gasteiger partial charge in [0.1, 0.15) is 18.2 Å². The minimum atomic E-state index is -0.490. The van der Waals surface area contributed by atoms with E-state index in [0.29, 0.717) is 11.3 Å². The average molecular weight is 302 g/mol. The first-order valence-electron chi connectivity index (χ1n) is 7.66. The Bertz CT molecular complexity index is 677. The normalized spacial score (nSPS) is 21.5. The van der Waals surface area contributed by atoms with Gasteiger partial charge in [0.2, 0.25) is 5.91 Å². The third-order valence-corrected chi connectivity index (χ3v) is 4.52. The highest BCUT2D eigenvalue weighted by Crippen LogP contribution is 2.22. The molecule has 6 heteroatoms. The molecular weight excluding hydrogens is 280 g/mol. The minimum absolute atomic E-state index is 0.0695. The number of amides is 1. The average Bonchev–Trinajstić information content (AvgIpc) is 2.45. The van der Waals surface area contributed by atoms with Crippen molar-refractivity contribution in [3.05, 3.63) is 27.2 Å². The SMILES string of the molecule is Cc1nn(CC(=O)N2[C@@H](C)CCC[C@@H]2C)c(=O)c(C#N)c1C. The van der Waals surface area contributed by atoms with Crippen LogP contribution < -0.4 is 5.56 Å². The van der Waals surface area contributed by atoms with Crippen LogP contribution in [0.15, 0.2) is 4.79 Å². The minimum Gasteiger partial charge on any atom is -0.336 e. The first kappa shape index (κ1) is 16.2. The van der Waals surface area contributed by atoms with Crippen molar-refractivity contribution >= 4 is 5.91 Å². The Balaban J connectivity index is 2.31. The first-order valence-corrected chi connectivity index (χ1v) is 7.66. The summed E-state index contributed by atoms with van der Waals surface area (Å²) >= 11 is 0. The van der Waals surface area contributed by atoms with E-state index in [9.17, 15) is 9.59 Å². The quantitative estimate of drug-likeness (QED) is 0.829. The molecule has 0 radical (unpaired) electrons. The maximum absolute atomic E-state index is 12.6. The van der Waals surface area contributed by atoms with Gasteiger partial charge in [-0.3, -0.25) is 9.59 Å². The summed E-state index contributed by atoms with van der Waals surface area (Å²) < 4.78 is 1.12. The van der Waals surface area contributed by atoms with E-state index in [2.05, 4.69) is 5.10 Å². The van der Waals surface area contributed by atoms with Crippen LogP contribution in [0.4, 0.5) is 0 Å². The maximum Gasteiger partial charge on any atom is 0.285 e. The van der Waals surface area contributed by atoms with E-state index in [1.807, 2.05) is 24.8 Å². The molecule has 1 saturated heterocycles. The molecule has 0 unspecified atom stereocenters. The number of nitriles is 1. The van der Waals surface area contributed by atoms with Gasteiger partial charge in [0, 0.05) is 12.1 Å². The Kier molecular flexibility index (Phi) is 4.65. The van der Waals surface area contributed by atoms with Crippen LogP contribution in [0.5, 0.6) is 0 Å². The number of rotatable bonds is 2. The van der Waals surface area contributed by atoms with E-state index in [1.54, 1.807) is 13.8 Å². The Morgan fingerprint density at radius 3 is 2.45 bits per heavy atom. The fourth-order valence-electron chi connectivity index (χ4n) is 3.13. The second-order valence-electron chi connectivity index (χ2n) is 6.09. The van der Waals surface area contributed by atoms with Crippen molar-refractivity contribution < 1.29 is 4.79 Å². The predicted octanol–water partition coefficient (Wildman–Crippen LogP) is 1.52. The number of likely N-dealkylation sites (tertiary alicyclic amines) is 1. The molecule has 1 amide bonds. The number of hydrogen-bond acceptors (Lipinski definition) is 4. The number of piperidine rings is 1. The van der Waals surface area contributed by atoms with Crippen LogP contribution in [0.1, 0.15) is 49.9 Å². The fraction of sp³-hybridized carbons (Fsp3) is 0.625. The lowest BCUT2D eigenvalue weighted by atomic mass is 9.97. The summed E-state index contributed by atoms with van der Waals surface area (Å²) in [5.41, 5.74) is 0.760. The summed E-state index contributed by atoms with van der Waals surface area (Å²) in [6.45, 7) is 7.39. The van der Waals surface area contributed by atoms with Gasteiger partial charge >= 0.3 is 0 Å². The van der Waals surface area contributed by atoms with Crippen LogP contribution >= 0.6 is 0 Å². The van der Waals surface area contributed by atoms with Gasteiger partial charge < -0.3 is 4.90 Å². The van der Waals surface area contributed by atoms with E-state index in [-0.39, 0.29) is 30.1 Å². The largest absolute Gasteiger partial charge is 0.336 e. The van der Waals surface area contributed by atoms with Crippen molar-refractivity contribution in [3.63, 3.8) is 0 Å². The fourth-order valence-corrected chi connectivity index (χ4v) is 3.13. The lowest BCUT2D eigenvalue weighted by Crippen LogP contribution is -2.49. The standard InChI is InChI=1S/C16H22N4O2/c1-10-6-5-7-11(2)20(10)15(21)9-19-16(22)14(8-17)12(3)13(4)18-19/h10-11H,5-7,9H2,1-4H3/t10-,11-/m0/s1. The highest BCUT2D eigenvalue weighted by molar-refractivity contribution is 5.76. The predicted molar refractivity (Wildman–Crippen MR) is 82.3 cm³/mol. The lowest BCUT2D eigenvalue weighted by Gasteiger charge is -2.39. The van der Waals surface area contributed by atoms with Crippen molar-refractivity contribution in [1.29, 1.82) is 5.26 Å². The van der Waals surface area contributed by atoms with Gasteiger partial charge in [0.05, 0.1) is 5.69 Å². The van der Waals surface area contributed by atoms with Crippen LogP contribution in [0.2, 0.25) is 0 Å². The molecule has 118 valence electrons. The van der Waals surface area contributed by atoms with Gasteiger partial charge in [-0.25, -0.2) is 4.68 Å². The zero-order valence-electron chi connectivity index (χ0n) is 13.6. The van der Waals surface area contributed by atoms with Gasteiger partial charge in [-0.05, 0) is 52.5 Å².